The van der Waals surface area contributed by atoms with E-state index < -0.39 is 0 Å². The molecule has 1 aliphatic rings. The number of methoxy groups -OCH3 is 2. The van der Waals surface area contributed by atoms with E-state index in [0.717, 1.165) is 21.5 Å². The van der Waals surface area contributed by atoms with E-state index in [1.807, 2.05) is 12.1 Å². The fourth-order valence-electron chi connectivity index (χ4n) is 3.58. The summed E-state index contributed by atoms with van der Waals surface area (Å²) >= 11 is 3.57. The van der Waals surface area contributed by atoms with Crippen molar-refractivity contribution in [3.8, 4) is 11.5 Å². The molecule has 0 aromatic heterocycles. The first kappa shape index (κ1) is 16.6. The Balaban J connectivity index is 2.38. The van der Waals surface area contributed by atoms with Crippen molar-refractivity contribution in [1.29, 1.82) is 0 Å². The third kappa shape index (κ3) is 3.21. The smallest absolute Gasteiger partial charge is 0.141 e. The first-order valence-electron chi connectivity index (χ1n) is 7.58. The predicted octanol–water partition coefficient (Wildman–Crippen LogP) is 4.68. The van der Waals surface area contributed by atoms with Crippen LogP contribution in [0.1, 0.15) is 51.1 Å². The van der Waals surface area contributed by atoms with Crippen LogP contribution in [0.15, 0.2) is 16.6 Å². The van der Waals surface area contributed by atoms with E-state index in [1.54, 1.807) is 14.2 Å². The summed E-state index contributed by atoms with van der Waals surface area (Å²) in [7, 11) is 3.34. The second kappa shape index (κ2) is 6.57. The molecule has 21 heavy (non-hydrogen) atoms. The Hall–Kier alpha value is -0.740. The molecule has 0 spiro atoms. The van der Waals surface area contributed by atoms with Gasteiger partial charge in [0.05, 0.1) is 14.2 Å². The molecule has 4 heteroatoms. The van der Waals surface area contributed by atoms with Crippen molar-refractivity contribution in [3.63, 3.8) is 0 Å². The van der Waals surface area contributed by atoms with Crippen molar-refractivity contribution in [2.75, 3.05) is 14.2 Å². The second-order valence-corrected chi connectivity index (χ2v) is 7.36. The Kier molecular flexibility index (Phi) is 5.20. The Morgan fingerprint density at radius 3 is 2.52 bits per heavy atom. The van der Waals surface area contributed by atoms with Crippen LogP contribution in [0.2, 0.25) is 0 Å². The number of halogens is 1. The quantitative estimate of drug-likeness (QED) is 0.852. The molecule has 1 aromatic rings. The summed E-state index contributed by atoms with van der Waals surface area (Å²) in [6.07, 6.45) is 4.99. The highest BCUT2D eigenvalue weighted by Crippen LogP contribution is 2.49. The van der Waals surface area contributed by atoms with Gasteiger partial charge in [-0.1, -0.05) is 26.7 Å². The molecule has 0 saturated heterocycles. The van der Waals surface area contributed by atoms with Crippen LogP contribution in [0.25, 0.3) is 0 Å². The van der Waals surface area contributed by atoms with Crippen LogP contribution in [0, 0.1) is 11.3 Å². The lowest BCUT2D eigenvalue weighted by Gasteiger charge is -2.42. The molecule has 3 nitrogen and oxygen atoms in total. The molecular weight excluding hydrogens is 330 g/mol. The fourth-order valence-corrected chi connectivity index (χ4v) is 4.27. The van der Waals surface area contributed by atoms with E-state index >= 15 is 0 Å². The van der Waals surface area contributed by atoms with Gasteiger partial charge in [0.2, 0.25) is 0 Å². The van der Waals surface area contributed by atoms with Crippen molar-refractivity contribution in [3.05, 3.63) is 22.2 Å². The maximum Gasteiger partial charge on any atom is 0.141 e. The van der Waals surface area contributed by atoms with Gasteiger partial charge in [0, 0.05) is 11.6 Å². The van der Waals surface area contributed by atoms with Gasteiger partial charge in [-0.05, 0) is 52.2 Å². The highest BCUT2D eigenvalue weighted by molar-refractivity contribution is 9.10. The van der Waals surface area contributed by atoms with Crippen LogP contribution < -0.4 is 15.2 Å². The van der Waals surface area contributed by atoms with Crippen molar-refractivity contribution < 1.29 is 9.47 Å². The zero-order chi connectivity index (χ0) is 15.6. The summed E-state index contributed by atoms with van der Waals surface area (Å²) in [6.45, 7) is 4.67. The van der Waals surface area contributed by atoms with E-state index in [-0.39, 0.29) is 11.5 Å². The molecule has 1 aliphatic carbocycles. The van der Waals surface area contributed by atoms with Gasteiger partial charge in [-0.15, -0.1) is 0 Å². The molecule has 2 N–H and O–H groups in total. The van der Waals surface area contributed by atoms with Crippen molar-refractivity contribution in [2.45, 2.75) is 45.6 Å². The zero-order valence-electron chi connectivity index (χ0n) is 13.4. The lowest BCUT2D eigenvalue weighted by Crippen LogP contribution is -2.36. The average Bonchev–Trinajstić information content (AvgIpc) is 2.45. The molecule has 0 bridgehead atoms. The third-order valence-corrected chi connectivity index (χ3v) is 5.65. The molecule has 1 saturated carbocycles. The highest BCUT2D eigenvalue weighted by Gasteiger charge is 2.37. The van der Waals surface area contributed by atoms with E-state index in [0.29, 0.717) is 5.92 Å². The number of hydrogen-bond donors (Lipinski definition) is 1. The summed E-state index contributed by atoms with van der Waals surface area (Å²) in [4.78, 5) is 0. The highest BCUT2D eigenvalue weighted by atomic mass is 79.9. The molecule has 2 atom stereocenters. The van der Waals surface area contributed by atoms with Crippen LogP contribution in [0.5, 0.6) is 11.5 Å². The van der Waals surface area contributed by atoms with E-state index in [9.17, 15) is 0 Å². The van der Waals surface area contributed by atoms with Gasteiger partial charge in [0.1, 0.15) is 16.0 Å². The second-order valence-electron chi connectivity index (χ2n) is 6.57. The van der Waals surface area contributed by atoms with Gasteiger partial charge in [-0.3, -0.25) is 0 Å². The number of ether oxygens (including phenoxy) is 2. The molecule has 2 rings (SSSR count). The monoisotopic (exact) mass is 355 g/mol. The Morgan fingerprint density at radius 2 is 1.95 bits per heavy atom. The van der Waals surface area contributed by atoms with Crippen LogP contribution in [-0.4, -0.2) is 14.2 Å². The molecule has 1 fully saturated rings. The number of benzene rings is 1. The predicted molar refractivity (Wildman–Crippen MR) is 89.9 cm³/mol. The largest absolute Gasteiger partial charge is 0.495 e. The summed E-state index contributed by atoms with van der Waals surface area (Å²) < 4.78 is 11.8. The van der Waals surface area contributed by atoms with Gasteiger partial charge in [-0.25, -0.2) is 0 Å². The van der Waals surface area contributed by atoms with Gasteiger partial charge in [0.15, 0.2) is 0 Å². The molecule has 2 unspecified atom stereocenters. The van der Waals surface area contributed by atoms with Crippen molar-refractivity contribution >= 4 is 15.9 Å². The number of rotatable bonds is 4. The maximum atomic E-state index is 6.64. The molecule has 0 radical (unpaired) electrons. The normalized spacial score (nSPS) is 22.7. The molecule has 0 aliphatic heterocycles. The Bertz CT molecular complexity index is 502. The fraction of sp³-hybridized carbons (Fsp3) is 0.647. The Labute approximate surface area is 136 Å². The van der Waals surface area contributed by atoms with Crippen molar-refractivity contribution in [1.82, 2.24) is 0 Å². The molecule has 0 amide bonds. The number of nitrogens with two attached hydrogens (primary N) is 1. The van der Waals surface area contributed by atoms with Gasteiger partial charge < -0.3 is 15.2 Å². The van der Waals surface area contributed by atoms with Crippen LogP contribution in [0.3, 0.4) is 0 Å². The van der Waals surface area contributed by atoms with Gasteiger partial charge >= 0.3 is 0 Å². The standard InChI is InChI=1S/C17H26BrNO2/c1-17(2)10-6-5-7-12(17)15(19)11-8-9-13(20-3)14(18)16(11)21-4/h8-9,12,15H,5-7,10,19H2,1-4H3. The first-order valence-corrected chi connectivity index (χ1v) is 8.37. The lowest BCUT2D eigenvalue weighted by molar-refractivity contribution is 0.111. The topological polar surface area (TPSA) is 44.5 Å². The molecule has 0 heterocycles. The summed E-state index contributed by atoms with van der Waals surface area (Å²) in [5, 5.41) is 0. The van der Waals surface area contributed by atoms with Gasteiger partial charge in [-0.2, -0.15) is 0 Å². The van der Waals surface area contributed by atoms with E-state index in [2.05, 4.69) is 29.8 Å². The molecular formula is C17H26BrNO2. The minimum Gasteiger partial charge on any atom is -0.495 e. The van der Waals surface area contributed by atoms with Crippen LogP contribution >= 0.6 is 15.9 Å². The minimum atomic E-state index is -0.0162. The van der Waals surface area contributed by atoms with E-state index in [4.69, 9.17) is 15.2 Å². The SMILES string of the molecule is COc1ccc(C(N)C2CCCCC2(C)C)c(OC)c1Br. The zero-order valence-corrected chi connectivity index (χ0v) is 15.0. The summed E-state index contributed by atoms with van der Waals surface area (Å²) in [6, 6.07) is 3.98. The maximum absolute atomic E-state index is 6.64. The van der Waals surface area contributed by atoms with Crippen LogP contribution in [-0.2, 0) is 0 Å². The first-order chi connectivity index (χ1) is 9.92. The third-order valence-electron chi connectivity index (χ3n) is 4.90. The molecule has 118 valence electrons. The minimum absolute atomic E-state index is 0.0162. The van der Waals surface area contributed by atoms with Crippen molar-refractivity contribution in [2.24, 2.45) is 17.1 Å². The molecule has 1 aromatic carbocycles. The van der Waals surface area contributed by atoms with E-state index in [1.165, 1.54) is 25.7 Å². The lowest BCUT2D eigenvalue weighted by atomic mass is 9.65. The van der Waals surface area contributed by atoms with Crippen LogP contribution in [0.4, 0.5) is 0 Å². The number of hydrogen-bond acceptors (Lipinski definition) is 3. The average molecular weight is 356 g/mol. The summed E-state index contributed by atoms with van der Waals surface area (Å²) in [5.41, 5.74) is 7.97. The Morgan fingerprint density at radius 1 is 1.24 bits per heavy atom. The summed E-state index contributed by atoms with van der Waals surface area (Å²) in [5.74, 6) is 2.04. The van der Waals surface area contributed by atoms with Gasteiger partial charge in [0.25, 0.3) is 0 Å².